The maximum atomic E-state index is 5.75. The highest BCUT2D eigenvalue weighted by atomic mass is 79.9. The van der Waals surface area contributed by atoms with Crippen LogP contribution < -0.4 is 4.90 Å². The average molecular weight is 299 g/mol. The lowest BCUT2D eigenvalue weighted by atomic mass is 10.1. The molecule has 1 aromatic heterocycles. The quantitative estimate of drug-likeness (QED) is 0.785. The van der Waals surface area contributed by atoms with Crippen LogP contribution in [0, 0.1) is 6.92 Å². The minimum absolute atomic E-state index is 0.274. The van der Waals surface area contributed by atoms with Crippen molar-refractivity contribution in [2.24, 2.45) is 0 Å². The van der Waals surface area contributed by atoms with Gasteiger partial charge in [-0.05, 0) is 31.9 Å². The fraction of sp³-hybridized carbons (Fsp3) is 0.615. The molecule has 0 aliphatic carbocycles. The van der Waals surface area contributed by atoms with Gasteiger partial charge in [-0.1, -0.05) is 22.0 Å². The molecule has 1 saturated heterocycles. The first-order valence-corrected chi connectivity index (χ1v) is 7.14. The van der Waals surface area contributed by atoms with Crippen LogP contribution >= 0.6 is 15.9 Å². The number of pyridine rings is 1. The molecule has 0 aromatic carbocycles. The van der Waals surface area contributed by atoms with E-state index < -0.39 is 0 Å². The van der Waals surface area contributed by atoms with Crippen molar-refractivity contribution in [3.05, 3.63) is 23.4 Å². The van der Waals surface area contributed by atoms with Crippen LogP contribution in [0.3, 0.4) is 0 Å². The molecule has 1 aromatic rings. The Morgan fingerprint density at radius 2 is 2.06 bits per heavy atom. The van der Waals surface area contributed by atoms with E-state index in [-0.39, 0.29) is 12.2 Å². The maximum absolute atomic E-state index is 5.75. The number of aryl methyl sites for hydroxylation is 1. The van der Waals surface area contributed by atoms with Crippen LogP contribution in [0.2, 0.25) is 0 Å². The van der Waals surface area contributed by atoms with Gasteiger partial charge in [-0.25, -0.2) is 4.98 Å². The van der Waals surface area contributed by atoms with Crippen LogP contribution in [0.5, 0.6) is 0 Å². The Bertz CT molecular complexity index is 387. The summed E-state index contributed by atoms with van der Waals surface area (Å²) in [5.41, 5.74) is 2.46. The molecule has 94 valence electrons. The van der Waals surface area contributed by atoms with Crippen molar-refractivity contribution >= 4 is 21.7 Å². The van der Waals surface area contributed by atoms with E-state index in [9.17, 15) is 0 Å². The molecule has 1 aliphatic rings. The predicted octanol–water partition coefficient (Wildman–Crippen LogP) is 2.90. The molecule has 0 spiro atoms. The van der Waals surface area contributed by atoms with Crippen molar-refractivity contribution in [1.29, 1.82) is 0 Å². The zero-order valence-electron chi connectivity index (χ0n) is 10.6. The van der Waals surface area contributed by atoms with Gasteiger partial charge in [0.2, 0.25) is 0 Å². The van der Waals surface area contributed by atoms with Gasteiger partial charge >= 0.3 is 0 Å². The zero-order chi connectivity index (χ0) is 12.4. The van der Waals surface area contributed by atoms with Crippen LogP contribution in [-0.4, -0.2) is 30.3 Å². The summed E-state index contributed by atoms with van der Waals surface area (Å²) < 4.78 is 5.75. The molecule has 0 bridgehead atoms. The van der Waals surface area contributed by atoms with E-state index >= 15 is 0 Å². The lowest BCUT2D eigenvalue weighted by Gasteiger charge is -2.36. The Hall–Kier alpha value is -0.610. The molecule has 0 unspecified atom stereocenters. The lowest BCUT2D eigenvalue weighted by Crippen LogP contribution is -2.46. The predicted molar refractivity (Wildman–Crippen MR) is 73.8 cm³/mol. The van der Waals surface area contributed by atoms with Crippen LogP contribution in [0.4, 0.5) is 5.82 Å². The number of hydrogen-bond acceptors (Lipinski definition) is 3. The number of aromatic nitrogens is 1. The summed E-state index contributed by atoms with van der Waals surface area (Å²) >= 11 is 3.46. The molecule has 3 nitrogen and oxygen atoms in total. The van der Waals surface area contributed by atoms with Crippen molar-refractivity contribution in [2.75, 3.05) is 18.0 Å². The smallest absolute Gasteiger partial charge is 0.131 e. The van der Waals surface area contributed by atoms with Gasteiger partial charge < -0.3 is 9.64 Å². The normalized spacial score (nSPS) is 25.1. The maximum Gasteiger partial charge on any atom is 0.131 e. The third-order valence-corrected chi connectivity index (χ3v) is 3.63. The molecule has 2 heterocycles. The summed E-state index contributed by atoms with van der Waals surface area (Å²) in [7, 11) is 0. The topological polar surface area (TPSA) is 25.4 Å². The number of morpholine rings is 1. The van der Waals surface area contributed by atoms with Gasteiger partial charge in [-0.2, -0.15) is 0 Å². The Balaban J connectivity index is 2.21. The monoisotopic (exact) mass is 298 g/mol. The van der Waals surface area contributed by atoms with E-state index in [0.29, 0.717) is 0 Å². The number of alkyl halides is 1. The molecular formula is C13H19BrN2O. The fourth-order valence-electron chi connectivity index (χ4n) is 2.38. The van der Waals surface area contributed by atoms with Crippen LogP contribution in [0.15, 0.2) is 12.3 Å². The molecular weight excluding hydrogens is 280 g/mol. The van der Waals surface area contributed by atoms with Crippen molar-refractivity contribution in [2.45, 2.75) is 38.3 Å². The van der Waals surface area contributed by atoms with E-state index in [1.54, 1.807) is 0 Å². The van der Waals surface area contributed by atoms with Gasteiger partial charge in [-0.15, -0.1) is 0 Å². The van der Waals surface area contributed by atoms with E-state index in [1.165, 1.54) is 11.1 Å². The van der Waals surface area contributed by atoms with Gasteiger partial charge in [-0.3, -0.25) is 0 Å². The van der Waals surface area contributed by atoms with Crippen LogP contribution in [0.25, 0.3) is 0 Å². The largest absolute Gasteiger partial charge is 0.372 e. The van der Waals surface area contributed by atoms with Crippen molar-refractivity contribution in [3.8, 4) is 0 Å². The highest BCUT2D eigenvalue weighted by Crippen LogP contribution is 2.23. The molecule has 4 heteroatoms. The second-order valence-corrected chi connectivity index (χ2v) is 5.34. The number of rotatable bonds is 2. The molecule has 2 rings (SSSR count). The minimum Gasteiger partial charge on any atom is -0.372 e. The molecule has 0 N–H and O–H groups in total. The fourth-order valence-corrected chi connectivity index (χ4v) is 2.69. The summed E-state index contributed by atoms with van der Waals surface area (Å²) in [6, 6.07) is 2.20. The van der Waals surface area contributed by atoms with E-state index in [0.717, 1.165) is 24.2 Å². The molecule has 17 heavy (non-hydrogen) atoms. The van der Waals surface area contributed by atoms with Crippen LogP contribution in [0.1, 0.15) is 25.0 Å². The molecule has 0 amide bonds. The second-order valence-electron chi connectivity index (χ2n) is 4.78. The summed E-state index contributed by atoms with van der Waals surface area (Å²) in [5.74, 6) is 1.09. The SMILES string of the molecule is Cc1cc(CBr)cnc1N1C[C@@H](C)O[C@@H](C)C1. The molecule has 0 saturated carbocycles. The first kappa shape index (κ1) is 12.8. The number of ether oxygens (including phenoxy) is 1. The third-order valence-electron chi connectivity index (χ3n) is 2.98. The van der Waals surface area contributed by atoms with Gasteiger partial charge in [0.05, 0.1) is 12.2 Å². The second kappa shape index (κ2) is 5.36. The zero-order valence-corrected chi connectivity index (χ0v) is 12.2. The summed E-state index contributed by atoms with van der Waals surface area (Å²) in [6.07, 6.45) is 2.49. The van der Waals surface area contributed by atoms with Crippen molar-refractivity contribution in [3.63, 3.8) is 0 Å². The standard InChI is InChI=1S/C13H19BrN2O/c1-9-4-12(5-14)6-15-13(9)16-7-10(2)17-11(3)8-16/h4,6,10-11H,5,7-8H2,1-3H3/t10-,11+. The first-order valence-electron chi connectivity index (χ1n) is 6.02. The summed E-state index contributed by atoms with van der Waals surface area (Å²) in [6.45, 7) is 8.20. The molecule has 0 radical (unpaired) electrons. The Morgan fingerprint density at radius 1 is 1.41 bits per heavy atom. The number of anilines is 1. The highest BCUT2D eigenvalue weighted by molar-refractivity contribution is 9.08. The Labute approximate surface area is 111 Å². The number of hydrogen-bond donors (Lipinski definition) is 0. The number of halogens is 1. The molecule has 2 atom stereocenters. The van der Waals surface area contributed by atoms with Crippen molar-refractivity contribution < 1.29 is 4.74 Å². The molecule has 1 fully saturated rings. The highest BCUT2D eigenvalue weighted by Gasteiger charge is 2.24. The van der Waals surface area contributed by atoms with Gasteiger partial charge in [0.25, 0.3) is 0 Å². The van der Waals surface area contributed by atoms with E-state index in [1.807, 2.05) is 6.20 Å². The van der Waals surface area contributed by atoms with E-state index in [2.05, 4.69) is 52.7 Å². The average Bonchev–Trinajstić information content (AvgIpc) is 2.27. The van der Waals surface area contributed by atoms with Crippen LogP contribution in [-0.2, 0) is 10.1 Å². The van der Waals surface area contributed by atoms with Gasteiger partial charge in [0.1, 0.15) is 5.82 Å². The summed E-state index contributed by atoms with van der Waals surface area (Å²) in [4.78, 5) is 6.91. The minimum atomic E-state index is 0.274. The Kier molecular flexibility index (Phi) is 4.05. The van der Waals surface area contributed by atoms with Crippen molar-refractivity contribution in [1.82, 2.24) is 4.98 Å². The third kappa shape index (κ3) is 2.99. The Morgan fingerprint density at radius 3 is 2.59 bits per heavy atom. The summed E-state index contributed by atoms with van der Waals surface area (Å²) in [5, 5.41) is 0.858. The first-order chi connectivity index (χ1) is 8.10. The van der Waals surface area contributed by atoms with Gasteiger partial charge in [0, 0.05) is 24.6 Å². The van der Waals surface area contributed by atoms with E-state index in [4.69, 9.17) is 4.74 Å². The molecule has 1 aliphatic heterocycles. The lowest BCUT2D eigenvalue weighted by molar-refractivity contribution is -0.00549. The van der Waals surface area contributed by atoms with Gasteiger partial charge in [0.15, 0.2) is 0 Å². The number of nitrogens with zero attached hydrogens (tertiary/aromatic N) is 2.